The number of hydrogen-bond acceptors (Lipinski definition) is 5. The SMILES string of the molecule is NCCC[C@H](N)C(=O)N1C[C@@H](NC(=O)CCCc2ccccc2)C[C@H]1C(=O)O. The van der Waals surface area contributed by atoms with Crippen LogP contribution in [0.3, 0.4) is 0 Å². The molecule has 1 heterocycles. The Bertz CT molecular complexity index is 667. The molecule has 0 aliphatic carbocycles. The van der Waals surface area contributed by atoms with Crippen molar-refractivity contribution in [3.8, 4) is 0 Å². The maximum atomic E-state index is 12.5. The summed E-state index contributed by atoms with van der Waals surface area (Å²) in [4.78, 5) is 37.5. The van der Waals surface area contributed by atoms with Gasteiger partial charge in [-0.2, -0.15) is 0 Å². The third-order valence-corrected chi connectivity index (χ3v) is 4.98. The van der Waals surface area contributed by atoms with Crippen LogP contribution in [0.15, 0.2) is 30.3 Å². The van der Waals surface area contributed by atoms with E-state index in [0.29, 0.717) is 32.2 Å². The fourth-order valence-corrected chi connectivity index (χ4v) is 3.49. The van der Waals surface area contributed by atoms with Gasteiger partial charge in [-0.3, -0.25) is 9.59 Å². The Morgan fingerprint density at radius 2 is 1.93 bits per heavy atom. The van der Waals surface area contributed by atoms with E-state index >= 15 is 0 Å². The van der Waals surface area contributed by atoms with Crippen molar-refractivity contribution < 1.29 is 19.5 Å². The number of carbonyl (C=O) groups is 3. The largest absolute Gasteiger partial charge is 0.480 e. The zero-order valence-electron chi connectivity index (χ0n) is 16.0. The second kappa shape index (κ2) is 10.8. The molecule has 0 unspecified atom stereocenters. The third kappa shape index (κ3) is 6.31. The third-order valence-electron chi connectivity index (χ3n) is 4.98. The average molecular weight is 390 g/mol. The number of carboxylic acids is 1. The van der Waals surface area contributed by atoms with E-state index in [1.165, 1.54) is 10.5 Å². The lowest BCUT2D eigenvalue weighted by molar-refractivity contribution is -0.148. The first-order valence-electron chi connectivity index (χ1n) is 9.74. The highest BCUT2D eigenvalue weighted by atomic mass is 16.4. The Balaban J connectivity index is 1.84. The molecule has 1 saturated heterocycles. The highest BCUT2D eigenvalue weighted by Crippen LogP contribution is 2.20. The number of carboxylic acid groups (broad SMARTS) is 1. The molecular weight excluding hydrogens is 360 g/mol. The standard InChI is InChI=1S/C20H30N4O4/c21-11-5-9-16(22)19(26)24-13-15(12-17(24)20(27)28)23-18(25)10-4-8-14-6-2-1-3-7-14/h1-3,6-7,15-17H,4-5,8-13,21-22H2,(H,23,25)(H,27,28)/t15-,16-,17-/m0/s1. The van der Waals surface area contributed by atoms with Crippen molar-refractivity contribution in [1.82, 2.24) is 10.2 Å². The van der Waals surface area contributed by atoms with E-state index in [1.807, 2.05) is 30.3 Å². The molecule has 1 aromatic carbocycles. The Kier molecular flexibility index (Phi) is 8.41. The van der Waals surface area contributed by atoms with E-state index in [1.54, 1.807) is 0 Å². The topological polar surface area (TPSA) is 139 Å². The quantitative estimate of drug-likeness (QED) is 0.451. The number of aliphatic carboxylic acids is 1. The van der Waals surface area contributed by atoms with Gasteiger partial charge in [0.25, 0.3) is 0 Å². The summed E-state index contributed by atoms with van der Waals surface area (Å²) >= 11 is 0. The molecule has 0 saturated carbocycles. The molecule has 0 spiro atoms. The number of benzene rings is 1. The molecule has 154 valence electrons. The minimum atomic E-state index is -1.08. The summed E-state index contributed by atoms with van der Waals surface area (Å²) in [7, 11) is 0. The number of nitrogens with zero attached hydrogens (tertiary/aromatic N) is 1. The van der Waals surface area contributed by atoms with Crippen LogP contribution in [-0.4, -0.2) is 59.0 Å². The van der Waals surface area contributed by atoms with Crippen molar-refractivity contribution in [1.29, 1.82) is 0 Å². The maximum Gasteiger partial charge on any atom is 0.326 e. The maximum absolute atomic E-state index is 12.5. The fourth-order valence-electron chi connectivity index (χ4n) is 3.49. The van der Waals surface area contributed by atoms with Gasteiger partial charge in [-0.05, 0) is 37.8 Å². The van der Waals surface area contributed by atoms with Crippen LogP contribution in [0.2, 0.25) is 0 Å². The molecular formula is C20H30N4O4. The van der Waals surface area contributed by atoms with Crippen LogP contribution in [0, 0.1) is 0 Å². The number of rotatable bonds is 10. The van der Waals surface area contributed by atoms with Gasteiger partial charge in [0.2, 0.25) is 11.8 Å². The van der Waals surface area contributed by atoms with Crippen molar-refractivity contribution in [2.45, 2.75) is 56.7 Å². The van der Waals surface area contributed by atoms with Crippen molar-refractivity contribution in [2.75, 3.05) is 13.1 Å². The van der Waals surface area contributed by atoms with Crippen LogP contribution < -0.4 is 16.8 Å². The predicted octanol–water partition coefficient (Wildman–Crippen LogP) is 0.246. The molecule has 2 rings (SSSR count). The summed E-state index contributed by atoms with van der Waals surface area (Å²) < 4.78 is 0. The summed E-state index contributed by atoms with van der Waals surface area (Å²) in [5.74, 6) is -1.62. The highest BCUT2D eigenvalue weighted by molar-refractivity contribution is 5.88. The summed E-state index contributed by atoms with van der Waals surface area (Å²) in [6.45, 7) is 0.585. The van der Waals surface area contributed by atoms with Crippen LogP contribution in [0.5, 0.6) is 0 Å². The molecule has 0 radical (unpaired) electrons. The monoisotopic (exact) mass is 390 g/mol. The van der Waals surface area contributed by atoms with Gasteiger partial charge >= 0.3 is 5.97 Å². The van der Waals surface area contributed by atoms with E-state index in [2.05, 4.69) is 5.32 Å². The van der Waals surface area contributed by atoms with Crippen molar-refractivity contribution in [2.24, 2.45) is 11.5 Å². The molecule has 8 nitrogen and oxygen atoms in total. The van der Waals surface area contributed by atoms with Gasteiger partial charge in [0.1, 0.15) is 6.04 Å². The van der Waals surface area contributed by atoms with Gasteiger partial charge in [0.05, 0.1) is 6.04 Å². The number of hydrogen-bond donors (Lipinski definition) is 4. The van der Waals surface area contributed by atoms with Crippen LogP contribution in [0.4, 0.5) is 0 Å². The van der Waals surface area contributed by atoms with E-state index in [-0.39, 0.29) is 24.9 Å². The van der Waals surface area contributed by atoms with Gasteiger partial charge in [-0.15, -0.1) is 0 Å². The Morgan fingerprint density at radius 1 is 1.21 bits per heavy atom. The van der Waals surface area contributed by atoms with Crippen LogP contribution in [-0.2, 0) is 20.8 Å². The normalized spacial score (nSPS) is 20.0. The summed E-state index contributed by atoms with van der Waals surface area (Å²) in [6.07, 6.45) is 3.06. The number of carbonyl (C=O) groups excluding carboxylic acids is 2. The zero-order valence-corrected chi connectivity index (χ0v) is 16.0. The van der Waals surface area contributed by atoms with Crippen LogP contribution in [0.25, 0.3) is 0 Å². The first-order valence-corrected chi connectivity index (χ1v) is 9.74. The van der Waals surface area contributed by atoms with Crippen LogP contribution >= 0.6 is 0 Å². The lowest BCUT2D eigenvalue weighted by Crippen LogP contribution is -2.49. The Hall–Kier alpha value is -2.45. The first-order chi connectivity index (χ1) is 13.4. The fraction of sp³-hybridized carbons (Fsp3) is 0.550. The van der Waals surface area contributed by atoms with Crippen molar-refractivity contribution >= 4 is 17.8 Å². The summed E-state index contributed by atoms with van der Waals surface area (Å²) in [5, 5.41) is 12.3. The number of nitrogens with one attached hydrogen (secondary N) is 1. The second-order valence-corrected chi connectivity index (χ2v) is 7.22. The molecule has 28 heavy (non-hydrogen) atoms. The molecule has 1 aliphatic heterocycles. The van der Waals surface area contributed by atoms with E-state index < -0.39 is 24.0 Å². The summed E-state index contributed by atoms with van der Waals surface area (Å²) in [5.41, 5.74) is 12.5. The van der Waals surface area contributed by atoms with Crippen molar-refractivity contribution in [3.63, 3.8) is 0 Å². The molecule has 0 aromatic heterocycles. The minimum absolute atomic E-state index is 0.133. The molecule has 6 N–H and O–H groups in total. The second-order valence-electron chi connectivity index (χ2n) is 7.22. The predicted molar refractivity (Wildman–Crippen MR) is 105 cm³/mol. The highest BCUT2D eigenvalue weighted by Gasteiger charge is 2.41. The van der Waals surface area contributed by atoms with Gasteiger partial charge in [-0.1, -0.05) is 30.3 Å². The van der Waals surface area contributed by atoms with E-state index in [4.69, 9.17) is 11.5 Å². The van der Waals surface area contributed by atoms with Gasteiger partial charge in [0, 0.05) is 25.4 Å². The molecule has 3 atom stereocenters. The number of nitrogens with two attached hydrogens (primary N) is 2. The van der Waals surface area contributed by atoms with Crippen LogP contribution in [0.1, 0.15) is 37.7 Å². The summed E-state index contributed by atoms with van der Waals surface area (Å²) in [6, 6.07) is 7.79. The van der Waals surface area contributed by atoms with E-state index in [9.17, 15) is 19.5 Å². The average Bonchev–Trinajstić information content (AvgIpc) is 3.10. The molecule has 2 amide bonds. The number of likely N-dealkylation sites (tertiary alicyclic amines) is 1. The first kappa shape index (κ1) is 21.8. The van der Waals surface area contributed by atoms with E-state index in [0.717, 1.165) is 6.42 Å². The minimum Gasteiger partial charge on any atom is -0.480 e. The Morgan fingerprint density at radius 3 is 2.57 bits per heavy atom. The van der Waals surface area contributed by atoms with Gasteiger partial charge in [0.15, 0.2) is 0 Å². The molecule has 1 aromatic rings. The zero-order chi connectivity index (χ0) is 20.5. The number of aryl methyl sites for hydroxylation is 1. The van der Waals surface area contributed by atoms with Crippen molar-refractivity contribution in [3.05, 3.63) is 35.9 Å². The lowest BCUT2D eigenvalue weighted by atomic mass is 10.1. The van der Waals surface area contributed by atoms with Gasteiger partial charge < -0.3 is 26.8 Å². The molecule has 0 bridgehead atoms. The van der Waals surface area contributed by atoms with Gasteiger partial charge in [-0.25, -0.2) is 4.79 Å². The molecule has 1 aliphatic rings. The number of amides is 2. The smallest absolute Gasteiger partial charge is 0.326 e. The Labute approximate surface area is 165 Å². The lowest BCUT2D eigenvalue weighted by Gasteiger charge is -2.24. The molecule has 1 fully saturated rings. The molecule has 8 heteroatoms.